The van der Waals surface area contributed by atoms with Crippen LogP contribution >= 0.6 is 0 Å². The smallest absolute Gasteiger partial charge is 0.357 e. The Morgan fingerprint density at radius 1 is 1.48 bits per heavy atom. The van der Waals surface area contributed by atoms with Crippen LogP contribution in [0.2, 0.25) is 0 Å². The molecule has 0 atom stereocenters. The van der Waals surface area contributed by atoms with Crippen molar-refractivity contribution >= 4 is 11.7 Å². The third-order valence-electron chi connectivity index (χ3n) is 3.70. The number of esters is 1. The Bertz CT molecular complexity index is 981. The maximum Gasteiger partial charge on any atom is 0.357 e. The van der Waals surface area contributed by atoms with Gasteiger partial charge in [0, 0.05) is 23.9 Å². The minimum atomic E-state index is -0.629. The molecule has 8 heteroatoms. The summed E-state index contributed by atoms with van der Waals surface area (Å²) in [6.45, 7) is 1.93. The Labute approximate surface area is 143 Å². The summed E-state index contributed by atoms with van der Waals surface area (Å²) in [7, 11) is 1.26. The molecule has 0 spiro atoms. The number of carbonyl (C=O) groups excluding carboxylic acids is 1. The van der Waals surface area contributed by atoms with Crippen LogP contribution in [-0.4, -0.2) is 27.8 Å². The number of benzene rings is 1. The number of aryl methyl sites for hydroxylation is 1. The summed E-state index contributed by atoms with van der Waals surface area (Å²) in [6.07, 6.45) is 2.15. The Morgan fingerprint density at radius 2 is 2.28 bits per heavy atom. The van der Waals surface area contributed by atoms with Crippen molar-refractivity contribution in [3.63, 3.8) is 0 Å². The third-order valence-corrected chi connectivity index (χ3v) is 3.70. The van der Waals surface area contributed by atoms with Crippen LogP contribution in [0.1, 0.15) is 28.8 Å². The molecule has 0 aliphatic heterocycles. The van der Waals surface area contributed by atoms with Gasteiger partial charge in [-0.3, -0.25) is 0 Å². The monoisotopic (exact) mass is 337 g/mol. The molecule has 126 valence electrons. The zero-order valence-corrected chi connectivity index (χ0v) is 13.7. The van der Waals surface area contributed by atoms with Gasteiger partial charge in [-0.05, 0) is 18.2 Å². The first-order valence-corrected chi connectivity index (χ1v) is 7.51. The van der Waals surface area contributed by atoms with Gasteiger partial charge < -0.3 is 19.6 Å². The zero-order chi connectivity index (χ0) is 18.0. The highest BCUT2D eigenvalue weighted by Crippen LogP contribution is 2.27. The summed E-state index contributed by atoms with van der Waals surface area (Å²) in [4.78, 5) is 16.4. The van der Waals surface area contributed by atoms with Gasteiger partial charge in [0.25, 0.3) is 5.89 Å². The first-order chi connectivity index (χ1) is 12.1. The number of carbonyl (C=O) groups is 1. The number of rotatable bonds is 4. The van der Waals surface area contributed by atoms with Crippen molar-refractivity contribution in [3.05, 3.63) is 47.5 Å². The van der Waals surface area contributed by atoms with Crippen LogP contribution < -0.4 is 5.73 Å². The van der Waals surface area contributed by atoms with Crippen molar-refractivity contribution in [1.82, 2.24) is 14.7 Å². The van der Waals surface area contributed by atoms with Crippen molar-refractivity contribution in [2.75, 3.05) is 12.8 Å². The summed E-state index contributed by atoms with van der Waals surface area (Å²) in [5.74, 6) is 0.349. The highest BCUT2D eigenvalue weighted by atomic mass is 16.5. The molecule has 0 bridgehead atoms. The van der Waals surface area contributed by atoms with E-state index in [0.29, 0.717) is 29.4 Å². The fourth-order valence-electron chi connectivity index (χ4n) is 2.42. The van der Waals surface area contributed by atoms with E-state index in [4.69, 9.17) is 15.0 Å². The topological polar surface area (TPSA) is 120 Å². The fourth-order valence-corrected chi connectivity index (χ4v) is 2.42. The number of nitrogens with two attached hydrogens (primary N) is 1. The standard InChI is InChI=1S/C17H15N5O3/c1-3-13-20-16(25-21-13)10-5-4-6-12(7-10)22-9-11(8-18)14(19)15(22)17(23)24-2/h4-7,9H,3,19H2,1-2H3. The molecular weight excluding hydrogens is 322 g/mol. The SMILES string of the molecule is CCc1noc(-c2cccc(-n3cc(C#N)c(N)c3C(=O)OC)c2)n1. The molecular formula is C17H15N5O3. The molecule has 0 saturated heterocycles. The van der Waals surface area contributed by atoms with Gasteiger partial charge in [0.05, 0.1) is 18.4 Å². The Balaban J connectivity index is 2.13. The van der Waals surface area contributed by atoms with Crippen LogP contribution in [0.5, 0.6) is 0 Å². The molecule has 25 heavy (non-hydrogen) atoms. The van der Waals surface area contributed by atoms with E-state index in [0.717, 1.165) is 0 Å². The lowest BCUT2D eigenvalue weighted by Gasteiger charge is -2.09. The van der Waals surface area contributed by atoms with Crippen molar-refractivity contribution in [2.45, 2.75) is 13.3 Å². The molecule has 0 unspecified atom stereocenters. The lowest BCUT2D eigenvalue weighted by Crippen LogP contribution is -2.11. The summed E-state index contributed by atoms with van der Waals surface area (Å²) in [5.41, 5.74) is 7.57. The largest absolute Gasteiger partial charge is 0.464 e. The Morgan fingerprint density at radius 3 is 2.92 bits per heavy atom. The van der Waals surface area contributed by atoms with E-state index < -0.39 is 5.97 Å². The molecule has 3 rings (SSSR count). The number of nitriles is 1. The molecule has 0 radical (unpaired) electrons. The number of ether oxygens (including phenoxy) is 1. The highest BCUT2D eigenvalue weighted by molar-refractivity contribution is 5.96. The van der Waals surface area contributed by atoms with Crippen molar-refractivity contribution in [1.29, 1.82) is 5.26 Å². The van der Waals surface area contributed by atoms with Gasteiger partial charge in [0.15, 0.2) is 11.5 Å². The van der Waals surface area contributed by atoms with Gasteiger partial charge in [0.2, 0.25) is 0 Å². The van der Waals surface area contributed by atoms with Crippen LogP contribution in [0.3, 0.4) is 0 Å². The maximum atomic E-state index is 12.1. The predicted molar refractivity (Wildman–Crippen MR) is 88.9 cm³/mol. The molecule has 2 aromatic heterocycles. The lowest BCUT2D eigenvalue weighted by atomic mass is 10.2. The summed E-state index contributed by atoms with van der Waals surface area (Å²) < 4.78 is 11.5. The van der Waals surface area contributed by atoms with Crippen molar-refractivity contribution < 1.29 is 14.1 Å². The van der Waals surface area contributed by atoms with Gasteiger partial charge in [-0.2, -0.15) is 10.2 Å². The van der Waals surface area contributed by atoms with Crippen LogP contribution in [0.15, 0.2) is 35.0 Å². The van der Waals surface area contributed by atoms with Crippen molar-refractivity contribution in [2.24, 2.45) is 0 Å². The van der Waals surface area contributed by atoms with Crippen LogP contribution in [0.4, 0.5) is 5.69 Å². The Kier molecular flexibility index (Phi) is 4.22. The summed E-state index contributed by atoms with van der Waals surface area (Å²) in [6, 6.07) is 9.10. The molecule has 3 aromatic rings. The van der Waals surface area contributed by atoms with E-state index in [1.807, 2.05) is 19.1 Å². The zero-order valence-electron chi connectivity index (χ0n) is 13.7. The van der Waals surface area contributed by atoms with Gasteiger partial charge in [-0.15, -0.1) is 0 Å². The first kappa shape index (κ1) is 16.3. The quantitative estimate of drug-likeness (QED) is 0.725. The third kappa shape index (κ3) is 2.83. The first-order valence-electron chi connectivity index (χ1n) is 7.51. The van der Waals surface area contributed by atoms with E-state index in [2.05, 4.69) is 10.1 Å². The van der Waals surface area contributed by atoms with E-state index in [1.54, 1.807) is 18.2 Å². The summed E-state index contributed by atoms with van der Waals surface area (Å²) in [5, 5.41) is 13.1. The number of methoxy groups -OCH3 is 1. The normalized spacial score (nSPS) is 10.4. The average molecular weight is 337 g/mol. The molecule has 0 fully saturated rings. The lowest BCUT2D eigenvalue weighted by molar-refractivity contribution is 0.0593. The molecule has 0 saturated carbocycles. The van der Waals surface area contributed by atoms with Gasteiger partial charge in [-0.25, -0.2) is 4.79 Å². The molecule has 1 aromatic carbocycles. The Hall–Kier alpha value is -3.60. The number of anilines is 1. The van der Waals surface area contributed by atoms with Crippen LogP contribution in [0.25, 0.3) is 17.1 Å². The number of hydrogen-bond donors (Lipinski definition) is 1. The minimum absolute atomic E-state index is 0.0748. The second-order valence-electron chi connectivity index (χ2n) is 5.20. The maximum absolute atomic E-state index is 12.1. The van der Waals surface area contributed by atoms with Crippen LogP contribution in [-0.2, 0) is 11.2 Å². The van der Waals surface area contributed by atoms with Gasteiger partial charge in [0.1, 0.15) is 6.07 Å². The highest BCUT2D eigenvalue weighted by Gasteiger charge is 2.22. The fraction of sp³-hybridized carbons (Fsp3) is 0.176. The molecule has 2 N–H and O–H groups in total. The van der Waals surface area contributed by atoms with Crippen LogP contribution in [0, 0.1) is 11.3 Å². The second-order valence-corrected chi connectivity index (χ2v) is 5.20. The number of nitrogens with zero attached hydrogens (tertiary/aromatic N) is 4. The van der Waals surface area contributed by atoms with Gasteiger partial charge >= 0.3 is 5.97 Å². The second kappa shape index (κ2) is 6.49. The number of hydrogen-bond acceptors (Lipinski definition) is 7. The minimum Gasteiger partial charge on any atom is -0.464 e. The number of nitrogen functional groups attached to an aromatic ring is 1. The molecule has 8 nitrogen and oxygen atoms in total. The molecule has 0 aliphatic rings. The predicted octanol–water partition coefficient (Wildman–Crippen LogP) is 2.33. The van der Waals surface area contributed by atoms with E-state index in [-0.39, 0.29) is 16.9 Å². The number of aromatic nitrogens is 3. The average Bonchev–Trinajstić information content (AvgIpc) is 3.25. The molecule has 2 heterocycles. The van der Waals surface area contributed by atoms with E-state index in [9.17, 15) is 10.1 Å². The molecule has 0 aliphatic carbocycles. The van der Waals surface area contributed by atoms with Crippen molar-refractivity contribution in [3.8, 4) is 23.2 Å². The van der Waals surface area contributed by atoms with E-state index in [1.165, 1.54) is 17.9 Å². The van der Waals surface area contributed by atoms with E-state index >= 15 is 0 Å². The summed E-state index contributed by atoms with van der Waals surface area (Å²) >= 11 is 0. The van der Waals surface area contributed by atoms with Gasteiger partial charge in [-0.1, -0.05) is 18.1 Å². The molecule has 0 amide bonds.